The largest absolute Gasteiger partial charge is 0.454 e. The van der Waals surface area contributed by atoms with E-state index in [4.69, 9.17) is 25.8 Å². The summed E-state index contributed by atoms with van der Waals surface area (Å²) in [6, 6.07) is 5.31. The van der Waals surface area contributed by atoms with Crippen LogP contribution in [-0.4, -0.2) is 49.0 Å². The van der Waals surface area contributed by atoms with Gasteiger partial charge in [0, 0.05) is 13.1 Å². The first-order valence-corrected chi connectivity index (χ1v) is 9.05. The van der Waals surface area contributed by atoms with Gasteiger partial charge in [-0.2, -0.15) is 0 Å². The molecule has 142 valence electrons. The molecule has 1 aromatic heterocycles. The summed E-state index contributed by atoms with van der Waals surface area (Å²) in [6.45, 7) is 4.66. The maximum absolute atomic E-state index is 12.7. The molecule has 2 aliphatic heterocycles. The van der Waals surface area contributed by atoms with Crippen LogP contribution >= 0.6 is 11.6 Å². The summed E-state index contributed by atoms with van der Waals surface area (Å²) in [5, 5.41) is 3.13. The first kappa shape index (κ1) is 17.8. The van der Waals surface area contributed by atoms with Crippen LogP contribution in [0.3, 0.4) is 0 Å². The third-order valence-corrected chi connectivity index (χ3v) is 4.76. The molecule has 2 aliphatic rings. The van der Waals surface area contributed by atoms with Crippen molar-refractivity contribution < 1.29 is 19.0 Å². The molecule has 1 unspecified atom stereocenters. The van der Waals surface area contributed by atoms with Gasteiger partial charge in [-0.05, 0) is 24.6 Å². The molecule has 1 amide bonds. The van der Waals surface area contributed by atoms with E-state index in [2.05, 4.69) is 15.3 Å². The number of hydrogen-bond donors (Lipinski definition) is 1. The summed E-state index contributed by atoms with van der Waals surface area (Å²) in [6.07, 6.45) is 1.46. The lowest BCUT2D eigenvalue weighted by atomic mass is 10.1. The molecule has 27 heavy (non-hydrogen) atoms. The number of carbonyl (C=O) groups is 1. The second-order valence-electron chi connectivity index (χ2n) is 6.27. The Bertz CT molecular complexity index is 857. The minimum atomic E-state index is -0.359. The van der Waals surface area contributed by atoms with Gasteiger partial charge in [-0.1, -0.05) is 17.7 Å². The van der Waals surface area contributed by atoms with Crippen LogP contribution in [-0.2, 0) is 4.74 Å². The highest BCUT2D eigenvalue weighted by molar-refractivity contribution is 6.33. The number of nitrogens with one attached hydrogen (secondary N) is 1. The number of halogens is 1. The lowest BCUT2D eigenvalue weighted by Crippen LogP contribution is -2.38. The average molecular weight is 391 g/mol. The Morgan fingerprint density at radius 3 is 2.85 bits per heavy atom. The third-order valence-electron chi connectivity index (χ3n) is 4.48. The zero-order valence-electron chi connectivity index (χ0n) is 14.8. The van der Waals surface area contributed by atoms with Gasteiger partial charge in [0.15, 0.2) is 17.2 Å². The van der Waals surface area contributed by atoms with Gasteiger partial charge in [0.25, 0.3) is 5.91 Å². The van der Waals surface area contributed by atoms with Crippen LogP contribution in [0.1, 0.15) is 29.0 Å². The Hall–Kier alpha value is -2.58. The molecule has 0 spiro atoms. The molecule has 0 bridgehead atoms. The Balaban J connectivity index is 1.50. The van der Waals surface area contributed by atoms with Crippen LogP contribution in [0.4, 0.5) is 5.95 Å². The van der Waals surface area contributed by atoms with Gasteiger partial charge in [0.2, 0.25) is 12.7 Å². The normalized spacial score (nSPS) is 16.9. The van der Waals surface area contributed by atoms with Crippen LogP contribution in [0.5, 0.6) is 11.5 Å². The SMILES string of the molecule is CC(NC(=O)c1nc(N2CCOCC2)ncc1Cl)c1ccc2c(c1)OCO2. The van der Waals surface area contributed by atoms with Crippen LogP contribution < -0.4 is 19.7 Å². The number of nitrogens with zero attached hydrogens (tertiary/aromatic N) is 3. The van der Waals surface area contributed by atoms with E-state index in [1.807, 2.05) is 30.0 Å². The van der Waals surface area contributed by atoms with Gasteiger partial charge in [0.05, 0.1) is 30.5 Å². The molecule has 1 saturated heterocycles. The third kappa shape index (κ3) is 3.77. The highest BCUT2D eigenvalue weighted by Crippen LogP contribution is 2.34. The van der Waals surface area contributed by atoms with Gasteiger partial charge < -0.3 is 24.4 Å². The van der Waals surface area contributed by atoms with Crippen molar-refractivity contribution in [2.24, 2.45) is 0 Å². The Labute approximate surface area is 161 Å². The van der Waals surface area contributed by atoms with Crippen molar-refractivity contribution >= 4 is 23.5 Å². The molecule has 1 fully saturated rings. The zero-order valence-corrected chi connectivity index (χ0v) is 15.5. The van der Waals surface area contributed by atoms with Crippen molar-refractivity contribution in [1.82, 2.24) is 15.3 Å². The summed E-state index contributed by atoms with van der Waals surface area (Å²) in [7, 11) is 0. The molecule has 1 atom stereocenters. The number of morpholine rings is 1. The molecule has 0 radical (unpaired) electrons. The van der Waals surface area contributed by atoms with E-state index in [-0.39, 0.29) is 29.5 Å². The first-order valence-electron chi connectivity index (χ1n) is 8.67. The monoisotopic (exact) mass is 390 g/mol. The fraction of sp³-hybridized carbons (Fsp3) is 0.389. The lowest BCUT2D eigenvalue weighted by molar-refractivity contribution is 0.0934. The van der Waals surface area contributed by atoms with E-state index in [1.165, 1.54) is 6.20 Å². The van der Waals surface area contributed by atoms with E-state index in [1.54, 1.807) is 0 Å². The maximum Gasteiger partial charge on any atom is 0.272 e. The van der Waals surface area contributed by atoms with E-state index in [0.29, 0.717) is 43.8 Å². The van der Waals surface area contributed by atoms with Crippen molar-refractivity contribution in [2.45, 2.75) is 13.0 Å². The Morgan fingerprint density at radius 2 is 2.04 bits per heavy atom. The highest BCUT2D eigenvalue weighted by atomic mass is 35.5. The van der Waals surface area contributed by atoms with Gasteiger partial charge in [-0.25, -0.2) is 9.97 Å². The number of aromatic nitrogens is 2. The molecule has 1 aromatic carbocycles. The molecule has 0 aliphatic carbocycles. The second kappa shape index (κ2) is 7.58. The van der Waals surface area contributed by atoms with Crippen molar-refractivity contribution in [3.8, 4) is 11.5 Å². The van der Waals surface area contributed by atoms with Crippen LogP contribution in [0.2, 0.25) is 5.02 Å². The summed E-state index contributed by atoms with van der Waals surface area (Å²) < 4.78 is 16.0. The Morgan fingerprint density at radius 1 is 1.26 bits per heavy atom. The predicted molar refractivity (Wildman–Crippen MR) is 98.5 cm³/mol. The van der Waals surface area contributed by atoms with Gasteiger partial charge in [0.1, 0.15) is 0 Å². The van der Waals surface area contributed by atoms with E-state index in [0.717, 1.165) is 5.56 Å². The van der Waals surface area contributed by atoms with Crippen molar-refractivity contribution in [2.75, 3.05) is 38.0 Å². The molecule has 0 saturated carbocycles. The standard InChI is InChI=1S/C18H19ClN4O4/c1-11(12-2-3-14-15(8-12)27-10-26-14)21-17(24)16-13(19)9-20-18(22-16)23-4-6-25-7-5-23/h2-3,8-9,11H,4-7,10H2,1H3,(H,21,24). The highest BCUT2D eigenvalue weighted by Gasteiger charge is 2.22. The minimum absolute atomic E-state index is 0.153. The molecule has 9 heteroatoms. The molecule has 2 aromatic rings. The summed E-state index contributed by atoms with van der Waals surface area (Å²) in [5.41, 5.74) is 1.05. The quantitative estimate of drug-likeness (QED) is 0.856. The lowest BCUT2D eigenvalue weighted by Gasteiger charge is -2.27. The smallest absolute Gasteiger partial charge is 0.272 e. The van der Waals surface area contributed by atoms with Gasteiger partial charge in [-0.15, -0.1) is 0 Å². The van der Waals surface area contributed by atoms with Gasteiger partial charge in [-0.3, -0.25) is 4.79 Å². The number of hydrogen-bond acceptors (Lipinski definition) is 7. The number of anilines is 1. The molecule has 1 N–H and O–H groups in total. The molecular formula is C18H19ClN4O4. The summed E-state index contributed by atoms with van der Waals surface area (Å²) in [5.74, 6) is 1.49. The fourth-order valence-corrected chi connectivity index (χ4v) is 3.14. The van der Waals surface area contributed by atoms with E-state index < -0.39 is 0 Å². The van der Waals surface area contributed by atoms with Crippen LogP contribution in [0.25, 0.3) is 0 Å². The average Bonchev–Trinajstić information content (AvgIpc) is 3.16. The van der Waals surface area contributed by atoms with Crippen molar-refractivity contribution in [1.29, 1.82) is 0 Å². The fourth-order valence-electron chi connectivity index (χ4n) is 2.96. The topological polar surface area (TPSA) is 85.8 Å². The van der Waals surface area contributed by atoms with Crippen molar-refractivity contribution in [3.05, 3.63) is 40.7 Å². The molecule has 3 heterocycles. The number of fused-ring (bicyclic) bond motifs is 1. The van der Waals surface area contributed by atoms with E-state index in [9.17, 15) is 4.79 Å². The zero-order chi connectivity index (χ0) is 18.8. The molecule has 8 nitrogen and oxygen atoms in total. The first-order chi connectivity index (χ1) is 13.1. The Kier molecular flexibility index (Phi) is 5.00. The molecule has 4 rings (SSSR count). The number of carbonyl (C=O) groups excluding carboxylic acids is 1. The second-order valence-corrected chi connectivity index (χ2v) is 6.68. The number of ether oxygens (including phenoxy) is 3. The number of amides is 1. The van der Waals surface area contributed by atoms with Crippen LogP contribution in [0.15, 0.2) is 24.4 Å². The summed E-state index contributed by atoms with van der Waals surface area (Å²) in [4.78, 5) is 23.3. The number of rotatable bonds is 4. The molecular weight excluding hydrogens is 372 g/mol. The van der Waals surface area contributed by atoms with Crippen LogP contribution in [0, 0.1) is 0 Å². The maximum atomic E-state index is 12.7. The van der Waals surface area contributed by atoms with Crippen molar-refractivity contribution in [3.63, 3.8) is 0 Å². The van der Waals surface area contributed by atoms with Gasteiger partial charge >= 0.3 is 0 Å². The number of benzene rings is 1. The summed E-state index contributed by atoms with van der Waals surface area (Å²) >= 11 is 6.17. The minimum Gasteiger partial charge on any atom is -0.454 e. The van der Waals surface area contributed by atoms with E-state index >= 15 is 0 Å². The predicted octanol–water partition coefficient (Wildman–Crippen LogP) is 2.19.